The molecule has 0 spiro atoms. The van der Waals surface area contributed by atoms with Crippen LogP contribution in [0.5, 0.6) is 5.75 Å². The standard InChI is InChI=1S/C9H7F4IO/c1-2-15-8-6(10)3-5(4-7(8)14)9(11,12)13/h3-4H,2H2,1H3. The summed E-state index contributed by atoms with van der Waals surface area (Å²) in [7, 11) is 0. The van der Waals surface area contributed by atoms with Crippen LogP contribution >= 0.6 is 22.6 Å². The predicted octanol–water partition coefficient (Wildman–Crippen LogP) is 3.85. The van der Waals surface area contributed by atoms with Gasteiger partial charge in [0.1, 0.15) is 0 Å². The van der Waals surface area contributed by atoms with Crippen molar-refractivity contribution in [3.63, 3.8) is 0 Å². The Balaban J connectivity index is 3.19. The summed E-state index contributed by atoms with van der Waals surface area (Å²) < 4.78 is 55.0. The zero-order valence-corrected chi connectivity index (χ0v) is 9.82. The van der Waals surface area contributed by atoms with Gasteiger partial charge in [0, 0.05) is 0 Å². The summed E-state index contributed by atoms with van der Waals surface area (Å²) in [4.78, 5) is 0. The molecule has 0 radical (unpaired) electrons. The van der Waals surface area contributed by atoms with Crippen molar-refractivity contribution < 1.29 is 22.3 Å². The number of benzene rings is 1. The number of alkyl halides is 3. The smallest absolute Gasteiger partial charge is 0.416 e. The maximum atomic E-state index is 13.2. The molecule has 15 heavy (non-hydrogen) atoms. The topological polar surface area (TPSA) is 9.23 Å². The van der Waals surface area contributed by atoms with Crippen LogP contribution in [0.2, 0.25) is 0 Å². The maximum absolute atomic E-state index is 13.2. The molecule has 0 aromatic heterocycles. The second-order valence-corrected chi connectivity index (χ2v) is 3.86. The molecule has 1 aromatic rings. The van der Waals surface area contributed by atoms with Crippen molar-refractivity contribution in [1.82, 2.24) is 0 Å². The van der Waals surface area contributed by atoms with E-state index in [0.717, 1.165) is 6.07 Å². The van der Waals surface area contributed by atoms with Crippen molar-refractivity contribution in [2.45, 2.75) is 13.1 Å². The summed E-state index contributed by atoms with van der Waals surface area (Å²) in [5, 5.41) is 0. The highest BCUT2D eigenvalue weighted by Gasteiger charge is 2.32. The van der Waals surface area contributed by atoms with Gasteiger partial charge in [0.05, 0.1) is 15.7 Å². The monoisotopic (exact) mass is 334 g/mol. The van der Waals surface area contributed by atoms with E-state index in [1.54, 1.807) is 29.5 Å². The van der Waals surface area contributed by atoms with E-state index in [1.165, 1.54) is 0 Å². The van der Waals surface area contributed by atoms with Crippen LogP contribution in [0.1, 0.15) is 12.5 Å². The predicted molar refractivity (Wildman–Crippen MR) is 55.3 cm³/mol. The number of hydrogen-bond acceptors (Lipinski definition) is 1. The van der Waals surface area contributed by atoms with Gasteiger partial charge in [-0.2, -0.15) is 13.2 Å². The summed E-state index contributed by atoms with van der Waals surface area (Å²) in [6.45, 7) is 1.84. The van der Waals surface area contributed by atoms with Crippen LogP contribution in [0, 0.1) is 9.39 Å². The molecule has 0 fully saturated rings. The van der Waals surface area contributed by atoms with Crippen molar-refractivity contribution in [3.05, 3.63) is 27.1 Å². The molecule has 0 atom stereocenters. The van der Waals surface area contributed by atoms with Gasteiger partial charge in [0.2, 0.25) is 0 Å². The highest BCUT2D eigenvalue weighted by atomic mass is 127. The normalized spacial score (nSPS) is 11.6. The zero-order valence-electron chi connectivity index (χ0n) is 7.66. The van der Waals surface area contributed by atoms with Crippen molar-refractivity contribution >= 4 is 22.6 Å². The molecule has 6 heteroatoms. The molecular formula is C9H7F4IO. The molecule has 0 N–H and O–H groups in total. The third-order valence-corrected chi connectivity index (χ3v) is 2.42. The highest BCUT2D eigenvalue weighted by Crippen LogP contribution is 2.34. The minimum Gasteiger partial charge on any atom is -0.490 e. The molecule has 84 valence electrons. The van der Waals surface area contributed by atoms with Gasteiger partial charge < -0.3 is 4.74 Å². The first-order chi connectivity index (χ1) is 6.86. The molecule has 0 saturated carbocycles. The van der Waals surface area contributed by atoms with E-state index in [2.05, 4.69) is 0 Å². The van der Waals surface area contributed by atoms with Crippen molar-refractivity contribution in [2.75, 3.05) is 6.61 Å². The van der Waals surface area contributed by atoms with Gasteiger partial charge in [0.15, 0.2) is 11.6 Å². The summed E-state index contributed by atoms with van der Waals surface area (Å²) >= 11 is 1.61. The number of ether oxygens (including phenoxy) is 1. The Morgan fingerprint density at radius 1 is 1.33 bits per heavy atom. The van der Waals surface area contributed by atoms with E-state index < -0.39 is 17.6 Å². The van der Waals surface area contributed by atoms with Gasteiger partial charge >= 0.3 is 6.18 Å². The lowest BCUT2D eigenvalue weighted by Gasteiger charge is -2.11. The molecule has 0 aliphatic carbocycles. The third kappa shape index (κ3) is 2.96. The lowest BCUT2D eigenvalue weighted by Crippen LogP contribution is -2.07. The van der Waals surface area contributed by atoms with Crippen molar-refractivity contribution in [3.8, 4) is 5.75 Å². The lowest BCUT2D eigenvalue weighted by molar-refractivity contribution is -0.137. The molecule has 1 aromatic carbocycles. The van der Waals surface area contributed by atoms with Gasteiger partial charge in [-0.1, -0.05) is 0 Å². The molecule has 0 saturated heterocycles. The molecule has 0 aliphatic rings. The van der Waals surface area contributed by atoms with Crippen LogP contribution < -0.4 is 4.74 Å². The molecule has 0 unspecified atom stereocenters. The van der Waals surface area contributed by atoms with E-state index >= 15 is 0 Å². The van der Waals surface area contributed by atoms with E-state index in [4.69, 9.17) is 4.74 Å². The second kappa shape index (κ2) is 4.54. The first-order valence-electron chi connectivity index (χ1n) is 4.05. The van der Waals surface area contributed by atoms with Crippen LogP contribution in [0.3, 0.4) is 0 Å². The summed E-state index contributed by atoms with van der Waals surface area (Å²) in [6, 6.07) is 1.29. The first kappa shape index (κ1) is 12.5. The quantitative estimate of drug-likeness (QED) is 0.590. The Morgan fingerprint density at radius 2 is 1.93 bits per heavy atom. The minimum atomic E-state index is -4.54. The Bertz CT molecular complexity index is 339. The molecular weight excluding hydrogens is 327 g/mol. The van der Waals surface area contributed by atoms with Gasteiger partial charge in [-0.15, -0.1) is 0 Å². The molecule has 0 aliphatic heterocycles. The SMILES string of the molecule is CCOc1c(F)cc(C(F)(F)F)cc1I. The van der Waals surface area contributed by atoms with E-state index in [-0.39, 0.29) is 15.9 Å². The Hall–Kier alpha value is -0.530. The molecule has 0 bridgehead atoms. The van der Waals surface area contributed by atoms with E-state index in [1.807, 2.05) is 0 Å². The van der Waals surface area contributed by atoms with Gasteiger partial charge in [-0.05, 0) is 41.6 Å². The second-order valence-electron chi connectivity index (χ2n) is 2.70. The van der Waals surface area contributed by atoms with Gasteiger partial charge in [0.25, 0.3) is 0 Å². The first-order valence-corrected chi connectivity index (χ1v) is 5.13. The Kier molecular flexibility index (Phi) is 3.80. The van der Waals surface area contributed by atoms with Crippen LogP contribution in [-0.2, 0) is 6.18 Å². The number of halogens is 5. The molecule has 1 rings (SSSR count). The third-order valence-electron chi connectivity index (χ3n) is 1.61. The van der Waals surface area contributed by atoms with E-state index in [0.29, 0.717) is 6.07 Å². The maximum Gasteiger partial charge on any atom is 0.416 e. The Morgan fingerprint density at radius 3 is 2.33 bits per heavy atom. The van der Waals surface area contributed by atoms with Crippen LogP contribution in [0.15, 0.2) is 12.1 Å². The fraction of sp³-hybridized carbons (Fsp3) is 0.333. The lowest BCUT2D eigenvalue weighted by atomic mass is 10.2. The summed E-state index contributed by atoms with van der Waals surface area (Å²) in [5.41, 5.74) is -1.01. The molecule has 0 amide bonds. The van der Waals surface area contributed by atoms with Crippen LogP contribution in [0.25, 0.3) is 0 Å². The summed E-state index contributed by atoms with van der Waals surface area (Å²) in [6.07, 6.45) is -4.54. The highest BCUT2D eigenvalue weighted by molar-refractivity contribution is 14.1. The fourth-order valence-corrected chi connectivity index (χ4v) is 1.75. The number of hydrogen-bond donors (Lipinski definition) is 0. The average molecular weight is 334 g/mol. The van der Waals surface area contributed by atoms with Gasteiger partial charge in [-0.3, -0.25) is 0 Å². The minimum absolute atomic E-state index is 0.113. The van der Waals surface area contributed by atoms with Crippen molar-refractivity contribution in [2.24, 2.45) is 0 Å². The summed E-state index contributed by atoms with van der Waals surface area (Å²) in [5.74, 6) is -1.12. The molecule has 1 nitrogen and oxygen atoms in total. The number of rotatable bonds is 2. The zero-order chi connectivity index (χ0) is 11.6. The Labute approximate surface area is 97.6 Å². The van der Waals surface area contributed by atoms with E-state index in [9.17, 15) is 17.6 Å². The van der Waals surface area contributed by atoms with Crippen molar-refractivity contribution in [1.29, 1.82) is 0 Å². The van der Waals surface area contributed by atoms with Crippen LogP contribution in [0.4, 0.5) is 17.6 Å². The average Bonchev–Trinajstić information content (AvgIpc) is 2.09. The fourth-order valence-electron chi connectivity index (χ4n) is 1.01. The van der Waals surface area contributed by atoms with Gasteiger partial charge in [-0.25, -0.2) is 4.39 Å². The van der Waals surface area contributed by atoms with Crippen LogP contribution in [-0.4, -0.2) is 6.61 Å². The molecule has 0 heterocycles. The largest absolute Gasteiger partial charge is 0.490 e.